The van der Waals surface area contributed by atoms with Crippen LogP contribution in [-0.4, -0.2) is 34.7 Å². The van der Waals surface area contributed by atoms with Gasteiger partial charge in [-0.1, -0.05) is 18.2 Å². The lowest BCUT2D eigenvalue weighted by Gasteiger charge is -2.15. The Kier molecular flexibility index (Phi) is 4.19. The van der Waals surface area contributed by atoms with Crippen LogP contribution in [0.2, 0.25) is 0 Å². The summed E-state index contributed by atoms with van der Waals surface area (Å²) in [4.78, 5) is 15.0. The molecule has 0 bridgehead atoms. The molecule has 0 radical (unpaired) electrons. The van der Waals surface area contributed by atoms with Crippen molar-refractivity contribution < 1.29 is 9.90 Å². The first-order valence-electron chi connectivity index (χ1n) is 6.33. The van der Waals surface area contributed by atoms with Crippen LogP contribution in [0.5, 0.6) is 0 Å². The molecule has 1 aromatic carbocycles. The van der Waals surface area contributed by atoms with Crippen molar-refractivity contribution in [1.82, 2.24) is 10.3 Å². The molecule has 0 aliphatic heterocycles. The van der Waals surface area contributed by atoms with E-state index in [9.17, 15) is 4.79 Å². The van der Waals surface area contributed by atoms with Crippen molar-refractivity contribution >= 4 is 16.8 Å². The quantitative estimate of drug-likeness (QED) is 0.633. The van der Waals surface area contributed by atoms with Crippen molar-refractivity contribution in [1.29, 1.82) is 0 Å². The van der Waals surface area contributed by atoms with Crippen LogP contribution in [0.25, 0.3) is 10.9 Å². The van der Waals surface area contributed by atoms with Gasteiger partial charge in [0.15, 0.2) is 0 Å². The maximum Gasteiger partial charge on any atom is 0.237 e. The molecular formula is C14H19N3O2. The van der Waals surface area contributed by atoms with Crippen LogP contribution in [0.4, 0.5) is 0 Å². The minimum atomic E-state index is -0.617. The molecule has 5 N–H and O–H groups in total. The SMILES string of the molecule is C[C@@H](CO)NC(=O)[C@H](N)Cc1c[nH]c2ccccc12. The number of aliphatic hydroxyl groups excluding tert-OH is 1. The van der Waals surface area contributed by atoms with Crippen LogP contribution in [0.15, 0.2) is 30.5 Å². The Morgan fingerprint density at radius 1 is 1.47 bits per heavy atom. The van der Waals surface area contributed by atoms with Gasteiger partial charge in [0.2, 0.25) is 5.91 Å². The van der Waals surface area contributed by atoms with Gasteiger partial charge in [0.05, 0.1) is 12.6 Å². The summed E-state index contributed by atoms with van der Waals surface area (Å²) in [7, 11) is 0. The number of hydrogen-bond donors (Lipinski definition) is 4. The summed E-state index contributed by atoms with van der Waals surface area (Å²) in [5.74, 6) is -0.244. The number of amides is 1. The average molecular weight is 261 g/mol. The first-order valence-corrected chi connectivity index (χ1v) is 6.33. The molecule has 5 nitrogen and oxygen atoms in total. The Labute approximate surface area is 111 Å². The summed E-state index contributed by atoms with van der Waals surface area (Å²) in [6.07, 6.45) is 2.35. The lowest BCUT2D eigenvalue weighted by atomic mass is 10.0. The van der Waals surface area contributed by atoms with Gasteiger partial charge in [-0.15, -0.1) is 0 Å². The number of aliphatic hydroxyl groups is 1. The third-order valence-corrected chi connectivity index (χ3v) is 3.11. The Morgan fingerprint density at radius 3 is 2.95 bits per heavy atom. The van der Waals surface area contributed by atoms with Gasteiger partial charge in [0.1, 0.15) is 0 Å². The molecule has 0 aliphatic carbocycles. The van der Waals surface area contributed by atoms with Crippen LogP contribution in [0.1, 0.15) is 12.5 Å². The number of nitrogens with two attached hydrogens (primary N) is 1. The van der Waals surface area contributed by atoms with Gasteiger partial charge in [0, 0.05) is 23.1 Å². The number of hydrogen-bond acceptors (Lipinski definition) is 3. The van der Waals surface area contributed by atoms with E-state index in [1.54, 1.807) is 6.92 Å². The highest BCUT2D eigenvalue weighted by Gasteiger charge is 2.17. The van der Waals surface area contributed by atoms with Crippen molar-refractivity contribution in [2.24, 2.45) is 5.73 Å². The fourth-order valence-electron chi connectivity index (χ4n) is 2.03. The maximum atomic E-state index is 11.8. The molecule has 0 unspecified atom stereocenters. The predicted molar refractivity (Wildman–Crippen MR) is 74.7 cm³/mol. The van der Waals surface area contributed by atoms with Gasteiger partial charge >= 0.3 is 0 Å². The van der Waals surface area contributed by atoms with Gasteiger partial charge < -0.3 is 21.1 Å². The fourth-order valence-corrected chi connectivity index (χ4v) is 2.03. The normalized spacial score (nSPS) is 14.3. The molecule has 0 saturated carbocycles. The number of benzene rings is 1. The van der Waals surface area contributed by atoms with E-state index in [0.29, 0.717) is 6.42 Å². The summed E-state index contributed by atoms with van der Waals surface area (Å²) < 4.78 is 0. The summed E-state index contributed by atoms with van der Waals surface area (Å²) in [5.41, 5.74) is 7.95. The molecular weight excluding hydrogens is 242 g/mol. The Balaban J connectivity index is 2.06. The Bertz CT molecular complexity index is 565. The summed E-state index contributed by atoms with van der Waals surface area (Å²) >= 11 is 0. The average Bonchev–Trinajstić information content (AvgIpc) is 2.82. The zero-order valence-corrected chi connectivity index (χ0v) is 10.9. The number of aromatic nitrogens is 1. The summed E-state index contributed by atoms with van der Waals surface area (Å²) in [6, 6.07) is 7.01. The molecule has 2 aromatic rings. The molecule has 1 aromatic heterocycles. The van der Waals surface area contributed by atoms with E-state index < -0.39 is 6.04 Å². The van der Waals surface area contributed by atoms with Crippen molar-refractivity contribution in [3.05, 3.63) is 36.0 Å². The number of H-pyrrole nitrogens is 1. The van der Waals surface area contributed by atoms with E-state index in [2.05, 4.69) is 10.3 Å². The molecule has 2 rings (SSSR count). The van der Waals surface area contributed by atoms with Crippen LogP contribution < -0.4 is 11.1 Å². The van der Waals surface area contributed by atoms with Gasteiger partial charge in [-0.05, 0) is 25.0 Å². The van der Waals surface area contributed by atoms with Crippen molar-refractivity contribution in [2.75, 3.05) is 6.61 Å². The second-order valence-electron chi connectivity index (χ2n) is 4.76. The number of aromatic amines is 1. The van der Waals surface area contributed by atoms with Crippen molar-refractivity contribution in [2.45, 2.75) is 25.4 Å². The number of fused-ring (bicyclic) bond motifs is 1. The van der Waals surface area contributed by atoms with E-state index >= 15 is 0 Å². The first kappa shape index (κ1) is 13.6. The van der Waals surface area contributed by atoms with E-state index in [1.807, 2.05) is 30.5 Å². The fraction of sp³-hybridized carbons (Fsp3) is 0.357. The molecule has 2 atom stereocenters. The third-order valence-electron chi connectivity index (χ3n) is 3.11. The van der Waals surface area contributed by atoms with Crippen LogP contribution in [0.3, 0.4) is 0 Å². The van der Waals surface area contributed by atoms with E-state index in [1.165, 1.54) is 0 Å². The standard InChI is InChI=1S/C14H19N3O2/c1-9(8-18)17-14(19)12(15)6-10-7-16-13-5-3-2-4-11(10)13/h2-5,7,9,12,16,18H,6,8,15H2,1H3,(H,17,19)/t9-,12+/m0/s1. The molecule has 0 aliphatic rings. The third kappa shape index (κ3) is 3.13. The predicted octanol–water partition coefficient (Wildman–Crippen LogP) is 0.535. The number of carbonyl (C=O) groups excluding carboxylic acids is 1. The molecule has 102 valence electrons. The van der Waals surface area contributed by atoms with Gasteiger partial charge in [-0.2, -0.15) is 0 Å². The van der Waals surface area contributed by atoms with Crippen LogP contribution in [0, 0.1) is 0 Å². The monoisotopic (exact) mass is 261 g/mol. The molecule has 5 heteroatoms. The minimum Gasteiger partial charge on any atom is -0.394 e. The Morgan fingerprint density at radius 2 is 2.21 bits per heavy atom. The Hall–Kier alpha value is -1.85. The zero-order chi connectivity index (χ0) is 13.8. The molecule has 1 heterocycles. The summed E-state index contributed by atoms with van der Waals surface area (Å²) in [6.45, 7) is 1.64. The van der Waals surface area contributed by atoms with Gasteiger partial charge in [-0.25, -0.2) is 0 Å². The van der Waals surface area contributed by atoms with Crippen molar-refractivity contribution in [3.63, 3.8) is 0 Å². The van der Waals surface area contributed by atoms with E-state index in [4.69, 9.17) is 10.8 Å². The van der Waals surface area contributed by atoms with Gasteiger partial charge in [-0.3, -0.25) is 4.79 Å². The largest absolute Gasteiger partial charge is 0.394 e. The lowest BCUT2D eigenvalue weighted by molar-refractivity contribution is -0.123. The molecule has 1 amide bonds. The number of rotatable bonds is 5. The smallest absolute Gasteiger partial charge is 0.237 e. The topological polar surface area (TPSA) is 91.1 Å². The lowest BCUT2D eigenvalue weighted by Crippen LogP contribution is -2.46. The van der Waals surface area contributed by atoms with Gasteiger partial charge in [0.25, 0.3) is 0 Å². The second-order valence-corrected chi connectivity index (χ2v) is 4.76. The number of para-hydroxylation sites is 1. The van der Waals surface area contributed by atoms with E-state index in [-0.39, 0.29) is 18.6 Å². The summed E-state index contributed by atoms with van der Waals surface area (Å²) in [5, 5.41) is 12.7. The molecule has 0 fully saturated rings. The maximum absolute atomic E-state index is 11.8. The molecule has 0 saturated heterocycles. The minimum absolute atomic E-state index is 0.0917. The number of nitrogens with one attached hydrogen (secondary N) is 2. The van der Waals surface area contributed by atoms with Crippen molar-refractivity contribution in [3.8, 4) is 0 Å². The second kappa shape index (κ2) is 5.86. The molecule has 0 spiro atoms. The van der Waals surface area contributed by atoms with Crippen LogP contribution >= 0.6 is 0 Å². The van der Waals surface area contributed by atoms with E-state index in [0.717, 1.165) is 16.5 Å². The molecule has 19 heavy (non-hydrogen) atoms. The zero-order valence-electron chi connectivity index (χ0n) is 10.9. The highest BCUT2D eigenvalue weighted by atomic mass is 16.3. The van der Waals surface area contributed by atoms with Crippen LogP contribution in [-0.2, 0) is 11.2 Å². The highest BCUT2D eigenvalue weighted by molar-refractivity contribution is 5.86. The first-order chi connectivity index (χ1) is 9.11. The number of carbonyl (C=O) groups is 1. The highest BCUT2D eigenvalue weighted by Crippen LogP contribution is 2.18.